The molecule has 0 spiro atoms. The zero-order valence-corrected chi connectivity index (χ0v) is 11.6. The number of nitrogens with one attached hydrogen (secondary N) is 1. The fraction of sp³-hybridized carbons (Fsp3) is 0.600. The van der Waals surface area contributed by atoms with Gasteiger partial charge in [0.2, 0.25) is 0 Å². The topological polar surface area (TPSA) is 68.9 Å². The average Bonchev–Trinajstić information content (AvgIpc) is 2.37. The van der Waals surface area contributed by atoms with E-state index >= 15 is 0 Å². The Morgan fingerprint density at radius 3 is 2.68 bits per heavy atom. The van der Waals surface area contributed by atoms with Crippen LogP contribution in [0.2, 0.25) is 0 Å². The van der Waals surface area contributed by atoms with Gasteiger partial charge in [0.25, 0.3) is 0 Å². The molecule has 19 heavy (non-hydrogen) atoms. The minimum Gasteiger partial charge on any atom is -0.396 e. The van der Waals surface area contributed by atoms with Gasteiger partial charge in [-0.05, 0) is 30.9 Å². The summed E-state index contributed by atoms with van der Waals surface area (Å²) in [4.78, 5) is 4.52. The first-order valence-electron chi connectivity index (χ1n) is 6.86. The largest absolute Gasteiger partial charge is 0.396 e. The van der Waals surface area contributed by atoms with Crippen LogP contribution in [-0.2, 0) is 0 Å². The third-order valence-electron chi connectivity index (χ3n) is 4.01. The number of anilines is 1. The van der Waals surface area contributed by atoms with Crippen LogP contribution in [0, 0.1) is 16.7 Å². The summed E-state index contributed by atoms with van der Waals surface area (Å²) in [5, 5.41) is 21.8. The Morgan fingerprint density at radius 1 is 1.47 bits per heavy atom. The predicted octanol–water partition coefficient (Wildman–Crippen LogP) is 2.65. The lowest BCUT2D eigenvalue weighted by atomic mass is 9.69. The number of hydrogen-bond donors (Lipinski definition) is 2. The second-order valence-corrected chi connectivity index (χ2v) is 5.76. The fourth-order valence-corrected chi connectivity index (χ4v) is 2.36. The molecule has 102 valence electrons. The molecule has 1 fully saturated rings. The van der Waals surface area contributed by atoms with Gasteiger partial charge >= 0.3 is 0 Å². The number of aromatic nitrogens is 1. The van der Waals surface area contributed by atoms with Crippen molar-refractivity contribution in [3.63, 3.8) is 0 Å². The van der Waals surface area contributed by atoms with Crippen molar-refractivity contribution in [1.82, 2.24) is 4.98 Å². The van der Waals surface area contributed by atoms with Gasteiger partial charge in [-0.15, -0.1) is 0 Å². The van der Waals surface area contributed by atoms with Gasteiger partial charge in [0.1, 0.15) is 11.9 Å². The van der Waals surface area contributed by atoms with E-state index in [9.17, 15) is 5.11 Å². The molecule has 0 saturated heterocycles. The van der Waals surface area contributed by atoms with Crippen LogP contribution < -0.4 is 5.32 Å². The number of aliphatic hydroxyl groups excluding tert-OH is 1. The van der Waals surface area contributed by atoms with Crippen molar-refractivity contribution in [1.29, 1.82) is 5.26 Å². The van der Waals surface area contributed by atoms with Gasteiger partial charge in [-0.25, -0.2) is 4.98 Å². The maximum absolute atomic E-state index is 9.46. The van der Waals surface area contributed by atoms with E-state index in [0.717, 1.165) is 18.5 Å². The molecule has 0 amide bonds. The monoisotopic (exact) mass is 259 g/mol. The van der Waals surface area contributed by atoms with Gasteiger partial charge in [-0.1, -0.05) is 20.3 Å². The number of nitriles is 1. The molecule has 1 aliphatic carbocycles. The first-order valence-corrected chi connectivity index (χ1v) is 6.86. The Morgan fingerprint density at radius 2 is 2.21 bits per heavy atom. The Kier molecular flexibility index (Phi) is 4.06. The normalized spacial score (nSPS) is 16.8. The molecule has 0 radical (unpaired) electrons. The van der Waals surface area contributed by atoms with Crippen molar-refractivity contribution >= 4 is 5.82 Å². The van der Waals surface area contributed by atoms with Crippen LogP contribution in [-0.4, -0.2) is 23.2 Å². The Hall–Kier alpha value is -1.60. The summed E-state index contributed by atoms with van der Waals surface area (Å²) >= 11 is 0. The van der Waals surface area contributed by atoms with Crippen molar-refractivity contribution in [3.05, 3.63) is 23.4 Å². The van der Waals surface area contributed by atoms with Gasteiger partial charge in [-0.2, -0.15) is 5.26 Å². The highest BCUT2D eigenvalue weighted by Crippen LogP contribution is 2.40. The predicted molar refractivity (Wildman–Crippen MR) is 74.9 cm³/mol. The van der Waals surface area contributed by atoms with Crippen molar-refractivity contribution < 1.29 is 5.11 Å². The molecule has 1 aromatic rings. The summed E-state index contributed by atoms with van der Waals surface area (Å²) in [6.07, 6.45) is 3.26. The van der Waals surface area contributed by atoms with Crippen LogP contribution >= 0.6 is 0 Å². The summed E-state index contributed by atoms with van der Waals surface area (Å²) in [7, 11) is 0. The lowest BCUT2D eigenvalue weighted by Crippen LogP contribution is -2.40. The zero-order valence-electron chi connectivity index (χ0n) is 11.6. The van der Waals surface area contributed by atoms with Gasteiger partial charge < -0.3 is 10.4 Å². The molecule has 0 aliphatic heterocycles. The molecule has 1 saturated carbocycles. The number of pyridine rings is 1. The van der Waals surface area contributed by atoms with Gasteiger partial charge in [-0.3, -0.25) is 0 Å². The Bertz CT molecular complexity index is 481. The van der Waals surface area contributed by atoms with E-state index in [2.05, 4.69) is 30.2 Å². The second kappa shape index (κ2) is 5.58. The van der Waals surface area contributed by atoms with Crippen molar-refractivity contribution in [3.8, 4) is 6.07 Å². The first kappa shape index (κ1) is 13.8. The minimum absolute atomic E-state index is 0.0117. The molecule has 1 aromatic heterocycles. The third kappa shape index (κ3) is 2.87. The summed E-state index contributed by atoms with van der Waals surface area (Å²) < 4.78 is 0. The maximum Gasteiger partial charge on any atom is 0.144 e. The molecule has 0 atom stereocenters. The van der Waals surface area contributed by atoms with E-state index in [4.69, 9.17) is 5.26 Å². The van der Waals surface area contributed by atoms with Crippen LogP contribution in [0.1, 0.15) is 50.3 Å². The fourth-order valence-electron chi connectivity index (χ4n) is 2.36. The van der Waals surface area contributed by atoms with Crippen LogP contribution in [0.4, 0.5) is 5.82 Å². The number of hydrogen-bond acceptors (Lipinski definition) is 4. The molecular formula is C15H21N3O. The third-order valence-corrected chi connectivity index (χ3v) is 4.01. The standard InChI is InChI=1S/C15H21N3O/c1-11(2)13-5-4-12(8-16)14(18-13)17-9-15(10-19)6-3-7-15/h4-5,11,19H,3,6-7,9-10H2,1-2H3,(H,17,18). The van der Waals surface area contributed by atoms with E-state index in [1.54, 1.807) is 0 Å². The van der Waals surface area contributed by atoms with E-state index in [1.165, 1.54) is 6.42 Å². The zero-order chi connectivity index (χ0) is 13.9. The summed E-state index contributed by atoms with van der Waals surface area (Å²) in [6.45, 7) is 5.05. The van der Waals surface area contributed by atoms with Crippen LogP contribution in [0.15, 0.2) is 12.1 Å². The minimum atomic E-state index is -0.0117. The molecule has 0 aromatic carbocycles. The van der Waals surface area contributed by atoms with Gasteiger partial charge in [0, 0.05) is 17.7 Å². The summed E-state index contributed by atoms with van der Waals surface area (Å²) in [6, 6.07) is 5.88. The average molecular weight is 259 g/mol. The maximum atomic E-state index is 9.46. The number of nitrogens with zero attached hydrogens (tertiary/aromatic N) is 2. The van der Waals surface area contributed by atoms with E-state index in [0.29, 0.717) is 23.8 Å². The molecule has 2 rings (SSSR count). The summed E-state index contributed by atoms with van der Waals surface area (Å²) in [5.74, 6) is 0.984. The SMILES string of the molecule is CC(C)c1ccc(C#N)c(NCC2(CO)CCC2)n1. The Labute approximate surface area is 114 Å². The Balaban J connectivity index is 2.14. The molecular weight excluding hydrogens is 238 g/mol. The number of aliphatic hydroxyl groups is 1. The van der Waals surface area contributed by atoms with Crippen molar-refractivity contribution in [2.45, 2.75) is 39.0 Å². The van der Waals surface area contributed by atoms with Crippen molar-refractivity contribution in [2.24, 2.45) is 5.41 Å². The lowest BCUT2D eigenvalue weighted by molar-refractivity contribution is 0.0575. The van der Waals surface area contributed by atoms with Crippen LogP contribution in [0.3, 0.4) is 0 Å². The number of rotatable bonds is 5. The second-order valence-electron chi connectivity index (χ2n) is 5.76. The molecule has 2 N–H and O–H groups in total. The van der Waals surface area contributed by atoms with Gasteiger partial charge in [0.05, 0.1) is 12.2 Å². The summed E-state index contributed by atoms with van der Waals surface area (Å²) in [5.41, 5.74) is 1.53. The molecule has 0 bridgehead atoms. The highest BCUT2D eigenvalue weighted by atomic mass is 16.3. The van der Waals surface area contributed by atoms with Crippen molar-refractivity contribution in [2.75, 3.05) is 18.5 Å². The first-order chi connectivity index (χ1) is 9.10. The molecule has 1 aliphatic rings. The highest BCUT2D eigenvalue weighted by molar-refractivity contribution is 5.52. The van der Waals surface area contributed by atoms with Crippen LogP contribution in [0.25, 0.3) is 0 Å². The highest BCUT2D eigenvalue weighted by Gasteiger charge is 2.36. The van der Waals surface area contributed by atoms with Crippen LogP contribution in [0.5, 0.6) is 0 Å². The molecule has 1 heterocycles. The van der Waals surface area contributed by atoms with E-state index in [1.807, 2.05) is 12.1 Å². The lowest BCUT2D eigenvalue weighted by Gasteiger charge is -2.40. The molecule has 4 nitrogen and oxygen atoms in total. The van der Waals surface area contributed by atoms with E-state index < -0.39 is 0 Å². The van der Waals surface area contributed by atoms with Gasteiger partial charge in [0.15, 0.2) is 0 Å². The molecule has 4 heteroatoms. The quantitative estimate of drug-likeness (QED) is 0.853. The van der Waals surface area contributed by atoms with E-state index in [-0.39, 0.29) is 12.0 Å². The molecule has 0 unspecified atom stereocenters. The smallest absolute Gasteiger partial charge is 0.144 e.